The largest absolute Gasteiger partial charge is 0.466 e. The smallest absolute Gasteiger partial charge is 0.310 e. The molecule has 0 spiro atoms. The van der Waals surface area contributed by atoms with Crippen LogP contribution in [0, 0.1) is 5.92 Å². The van der Waals surface area contributed by atoms with Crippen molar-refractivity contribution >= 4 is 5.97 Å². The van der Waals surface area contributed by atoms with Crippen molar-refractivity contribution in [2.24, 2.45) is 5.92 Å². The lowest BCUT2D eigenvalue weighted by molar-refractivity contribution is -0.150. The van der Waals surface area contributed by atoms with Gasteiger partial charge in [0, 0.05) is 12.1 Å². The van der Waals surface area contributed by atoms with Gasteiger partial charge >= 0.3 is 5.97 Å². The van der Waals surface area contributed by atoms with Crippen LogP contribution in [0.2, 0.25) is 0 Å². The number of hydrogen-bond acceptors (Lipinski definition) is 3. The first-order valence-electron chi connectivity index (χ1n) is 6.24. The van der Waals surface area contributed by atoms with E-state index >= 15 is 0 Å². The van der Waals surface area contributed by atoms with Crippen molar-refractivity contribution in [2.75, 3.05) is 6.61 Å². The van der Waals surface area contributed by atoms with Gasteiger partial charge in [0.15, 0.2) is 0 Å². The number of esters is 1. The van der Waals surface area contributed by atoms with E-state index in [-0.39, 0.29) is 11.9 Å². The maximum atomic E-state index is 11.7. The van der Waals surface area contributed by atoms with Crippen LogP contribution in [0.15, 0.2) is 0 Å². The van der Waals surface area contributed by atoms with Gasteiger partial charge in [-0.2, -0.15) is 0 Å². The van der Waals surface area contributed by atoms with Gasteiger partial charge < -0.3 is 10.1 Å². The van der Waals surface area contributed by atoms with E-state index in [1.165, 1.54) is 25.7 Å². The van der Waals surface area contributed by atoms with E-state index in [0.717, 1.165) is 12.8 Å². The Bertz CT molecular complexity index is 226. The fourth-order valence-electron chi connectivity index (χ4n) is 2.41. The minimum absolute atomic E-state index is 0.00958. The van der Waals surface area contributed by atoms with Gasteiger partial charge in [-0.05, 0) is 32.6 Å². The summed E-state index contributed by atoms with van der Waals surface area (Å²) in [5.74, 6) is 0.120. The van der Waals surface area contributed by atoms with Crippen molar-refractivity contribution in [1.29, 1.82) is 0 Å². The minimum atomic E-state index is 0.00958. The molecule has 0 radical (unpaired) electrons. The quantitative estimate of drug-likeness (QED) is 0.721. The number of carbonyl (C=O) groups is 1. The molecule has 2 atom stereocenters. The third kappa shape index (κ3) is 2.94. The Morgan fingerprint density at radius 1 is 1.27 bits per heavy atom. The zero-order valence-electron chi connectivity index (χ0n) is 9.50. The summed E-state index contributed by atoms with van der Waals surface area (Å²) in [4.78, 5) is 11.7. The maximum Gasteiger partial charge on any atom is 0.310 e. The fourth-order valence-corrected chi connectivity index (χ4v) is 2.41. The molecule has 15 heavy (non-hydrogen) atoms. The lowest BCUT2D eigenvalue weighted by atomic mass is 9.84. The molecule has 0 heterocycles. The Kier molecular flexibility index (Phi) is 3.62. The molecule has 2 aliphatic carbocycles. The Hall–Kier alpha value is -0.570. The van der Waals surface area contributed by atoms with Crippen LogP contribution in [0.4, 0.5) is 0 Å². The molecule has 0 bridgehead atoms. The predicted molar refractivity (Wildman–Crippen MR) is 58.5 cm³/mol. The third-order valence-electron chi connectivity index (χ3n) is 3.38. The number of carbonyl (C=O) groups excluding carboxylic acids is 1. The second-order valence-electron chi connectivity index (χ2n) is 4.69. The molecule has 3 heteroatoms. The molecular formula is C12H21NO2. The van der Waals surface area contributed by atoms with Crippen LogP contribution in [0.5, 0.6) is 0 Å². The van der Waals surface area contributed by atoms with Crippen molar-refractivity contribution in [1.82, 2.24) is 5.32 Å². The monoisotopic (exact) mass is 211 g/mol. The molecular weight excluding hydrogens is 190 g/mol. The van der Waals surface area contributed by atoms with Gasteiger partial charge in [0.05, 0.1) is 12.5 Å². The zero-order chi connectivity index (χ0) is 10.7. The highest BCUT2D eigenvalue weighted by Crippen LogP contribution is 2.29. The normalized spacial score (nSPS) is 31.3. The number of nitrogens with one attached hydrogen (secondary N) is 1. The van der Waals surface area contributed by atoms with Crippen LogP contribution in [0.25, 0.3) is 0 Å². The molecule has 0 saturated heterocycles. The Morgan fingerprint density at radius 2 is 2.00 bits per heavy atom. The van der Waals surface area contributed by atoms with Crippen LogP contribution >= 0.6 is 0 Å². The van der Waals surface area contributed by atoms with Crippen molar-refractivity contribution in [2.45, 2.75) is 57.5 Å². The highest BCUT2D eigenvalue weighted by Gasteiger charge is 2.35. The van der Waals surface area contributed by atoms with Gasteiger partial charge in [-0.25, -0.2) is 0 Å². The SMILES string of the molecule is CCOC(=O)C1CCCCC1NC1CC1. The standard InChI is InChI=1S/C12H21NO2/c1-2-15-12(14)10-5-3-4-6-11(10)13-9-7-8-9/h9-11,13H,2-8H2,1H3. The summed E-state index contributed by atoms with van der Waals surface area (Å²) in [7, 11) is 0. The maximum absolute atomic E-state index is 11.7. The topological polar surface area (TPSA) is 38.3 Å². The molecule has 2 rings (SSSR count). The van der Waals surface area contributed by atoms with E-state index in [9.17, 15) is 4.79 Å². The van der Waals surface area contributed by atoms with Gasteiger partial charge in [0.1, 0.15) is 0 Å². The average Bonchev–Trinajstić information content (AvgIpc) is 3.03. The predicted octanol–water partition coefficient (Wildman–Crippen LogP) is 1.86. The summed E-state index contributed by atoms with van der Waals surface area (Å²) in [5, 5.41) is 3.58. The van der Waals surface area contributed by atoms with Gasteiger partial charge in [-0.1, -0.05) is 12.8 Å². The van der Waals surface area contributed by atoms with E-state index in [1.54, 1.807) is 0 Å². The van der Waals surface area contributed by atoms with Crippen molar-refractivity contribution in [3.63, 3.8) is 0 Å². The van der Waals surface area contributed by atoms with Gasteiger partial charge in [0.2, 0.25) is 0 Å². The molecule has 86 valence electrons. The van der Waals surface area contributed by atoms with Crippen LogP contribution in [0.1, 0.15) is 45.4 Å². The molecule has 0 aromatic rings. The number of hydrogen-bond donors (Lipinski definition) is 1. The van der Waals surface area contributed by atoms with E-state index < -0.39 is 0 Å². The molecule has 0 amide bonds. The van der Waals surface area contributed by atoms with Crippen LogP contribution in [-0.4, -0.2) is 24.7 Å². The summed E-state index contributed by atoms with van der Waals surface area (Å²) in [6, 6.07) is 1.07. The second kappa shape index (κ2) is 4.97. The number of ether oxygens (including phenoxy) is 1. The highest BCUT2D eigenvalue weighted by atomic mass is 16.5. The van der Waals surface area contributed by atoms with E-state index in [1.807, 2.05) is 6.92 Å². The summed E-state index contributed by atoms with van der Waals surface area (Å²) >= 11 is 0. The van der Waals surface area contributed by atoms with Gasteiger partial charge in [0.25, 0.3) is 0 Å². The molecule has 0 aliphatic heterocycles. The van der Waals surface area contributed by atoms with Crippen LogP contribution in [-0.2, 0) is 9.53 Å². The van der Waals surface area contributed by atoms with E-state index in [4.69, 9.17) is 4.74 Å². The Balaban J connectivity index is 1.88. The molecule has 3 nitrogen and oxygen atoms in total. The fraction of sp³-hybridized carbons (Fsp3) is 0.917. The first-order chi connectivity index (χ1) is 7.31. The highest BCUT2D eigenvalue weighted by molar-refractivity contribution is 5.73. The van der Waals surface area contributed by atoms with Crippen molar-refractivity contribution < 1.29 is 9.53 Å². The first-order valence-corrected chi connectivity index (χ1v) is 6.24. The molecule has 2 fully saturated rings. The van der Waals surface area contributed by atoms with Crippen molar-refractivity contribution in [3.8, 4) is 0 Å². The summed E-state index contributed by atoms with van der Waals surface area (Å²) in [6.45, 7) is 2.38. The minimum Gasteiger partial charge on any atom is -0.466 e. The molecule has 2 unspecified atom stereocenters. The summed E-state index contributed by atoms with van der Waals surface area (Å²) < 4.78 is 5.13. The molecule has 0 aromatic heterocycles. The van der Waals surface area contributed by atoms with Crippen molar-refractivity contribution in [3.05, 3.63) is 0 Å². The first kappa shape index (κ1) is 10.9. The van der Waals surface area contributed by atoms with E-state index in [2.05, 4.69) is 5.32 Å². The van der Waals surface area contributed by atoms with Crippen LogP contribution < -0.4 is 5.32 Å². The summed E-state index contributed by atoms with van der Waals surface area (Å²) in [5.41, 5.74) is 0. The zero-order valence-corrected chi connectivity index (χ0v) is 9.50. The third-order valence-corrected chi connectivity index (χ3v) is 3.38. The summed E-state index contributed by atoms with van der Waals surface area (Å²) in [6.07, 6.45) is 7.13. The van der Waals surface area contributed by atoms with Gasteiger partial charge in [-0.3, -0.25) is 4.79 Å². The lowest BCUT2D eigenvalue weighted by Crippen LogP contribution is -2.43. The number of rotatable bonds is 4. The molecule has 0 aromatic carbocycles. The lowest BCUT2D eigenvalue weighted by Gasteiger charge is -2.30. The van der Waals surface area contributed by atoms with E-state index in [0.29, 0.717) is 18.7 Å². The molecule has 2 aliphatic rings. The molecule has 2 saturated carbocycles. The molecule has 1 N–H and O–H groups in total. The Morgan fingerprint density at radius 3 is 2.67 bits per heavy atom. The second-order valence-corrected chi connectivity index (χ2v) is 4.69. The Labute approximate surface area is 91.6 Å². The van der Waals surface area contributed by atoms with Crippen LogP contribution in [0.3, 0.4) is 0 Å². The average molecular weight is 211 g/mol. The van der Waals surface area contributed by atoms with Gasteiger partial charge in [-0.15, -0.1) is 0 Å².